The number of alkyl carbamates (subject to hydrolysis) is 1. The smallest absolute Gasteiger partial charge is 0.407 e. The Bertz CT molecular complexity index is 1080. The molecule has 2 aromatic rings. The van der Waals surface area contributed by atoms with Crippen molar-refractivity contribution < 1.29 is 24.2 Å². The monoisotopic (exact) mass is 436 g/mol. The second kappa shape index (κ2) is 8.65. The van der Waals surface area contributed by atoms with E-state index in [1.165, 1.54) is 12.7 Å². The summed E-state index contributed by atoms with van der Waals surface area (Å²) in [5, 5.41) is 12.7. The van der Waals surface area contributed by atoms with Gasteiger partial charge in [0.25, 0.3) is 0 Å². The third kappa shape index (κ3) is 3.95. The zero-order valence-corrected chi connectivity index (χ0v) is 18.6. The fraction of sp³-hybridized carbons (Fsp3) is 0.400. The molecular formula is C25H28N2O5. The van der Waals surface area contributed by atoms with E-state index < -0.39 is 18.1 Å². The van der Waals surface area contributed by atoms with Gasteiger partial charge in [0.05, 0.1) is 13.7 Å². The van der Waals surface area contributed by atoms with E-state index in [0.29, 0.717) is 12.8 Å². The van der Waals surface area contributed by atoms with Gasteiger partial charge in [0.15, 0.2) is 5.78 Å². The van der Waals surface area contributed by atoms with Crippen LogP contribution in [0, 0.1) is 5.92 Å². The Morgan fingerprint density at radius 2 is 1.94 bits per heavy atom. The van der Waals surface area contributed by atoms with E-state index in [-0.39, 0.29) is 30.7 Å². The highest BCUT2D eigenvalue weighted by molar-refractivity contribution is 5.98. The molecule has 7 nitrogen and oxygen atoms in total. The Balaban J connectivity index is 1.82. The summed E-state index contributed by atoms with van der Waals surface area (Å²) in [6.07, 6.45) is 0.684. The van der Waals surface area contributed by atoms with Gasteiger partial charge in [0.1, 0.15) is 6.04 Å². The second-order valence-corrected chi connectivity index (χ2v) is 8.85. The maximum atomic E-state index is 12.3. The molecule has 1 amide bonds. The van der Waals surface area contributed by atoms with E-state index in [2.05, 4.69) is 23.5 Å². The Morgan fingerprint density at radius 3 is 2.62 bits per heavy atom. The quantitative estimate of drug-likeness (QED) is 0.615. The molecule has 168 valence electrons. The largest absolute Gasteiger partial charge is 0.480 e. The van der Waals surface area contributed by atoms with Gasteiger partial charge in [0.2, 0.25) is 0 Å². The molecule has 2 aromatic carbocycles. The lowest BCUT2D eigenvalue weighted by Crippen LogP contribution is -2.41. The molecule has 1 saturated heterocycles. The summed E-state index contributed by atoms with van der Waals surface area (Å²) >= 11 is 0. The van der Waals surface area contributed by atoms with Crippen molar-refractivity contribution in [3.63, 3.8) is 0 Å². The molecule has 0 aromatic heterocycles. The van der Waals surface area contributed by atoms with E-state index in [1.807, 2.05) is 32.0 Å². The molecule has 2 aliphatic rings. The maximum absolute atomic E-state index is 12.3. The van der Waals surface area contributed by atoms with Crippen LogP contribution < -0.4 is 10.2 Å². The van der Waals surface area contributed by atoms with Crippen LogP contribution in [0.1, 0.15) is 37.0 Å². The van der Waals surface area contributed by atoms with Crippen LogP contribution >= 0.6 is 0 Å². The number of hydrogen-bond acceptors (Lipinski definition) is 5. The number of benzene rings is 2. The van der Waals surface area contributed by atoms with Crippen LogP contribution in [0.3, 0.4) is 0 Å². The van der Waals surface area contributed by atoms with Gasteiger partial charge in [0, 0.05) is 24.6 Å². The molecule has 0 bridgehead atoms. The number of fused-ring (bicyclic) bond motifs is 3. The van der Waals surface area contributed by atoms with Gasteiger partial charge >= 0.3 is 12.1 Å². The average molecular weight is 437 g/mol. The van der Waals surface area contributed by atoms with Crippen molar-refractivity contribution in [2.75, 3.05) is 18.6 Å². The van der Waals surface area contributed by atoms with Crippen LogP contribution in [0.5, 0.6) is 0 Å². The molecule has 0 spiro atoms. The second-order valence-electron chi connectivity index (χ2n) is 8.85. The molecule has 2 atom stereocenters. The molecule has 2 N–H and O–H groups in total. The average Bonchev–Trinajstić information content (AvgIpc) is 3.33. The van der Waals surface area contributed by atoms with Crippen molar-refractivity contribution >= 4 is 23.5 Å². The maximum Gasteiger partial charge on any atom is 0.407 e. The minimum Gasteiger partial charge on any atom is -0.480 e. The Morgan fingerprint density at radius 1 is 1.19 bits per heavy atom. The van der Waals surface area contributed by atoms with E-state index in [1.54, 1.807) is 4.90 Å². The van der Waals surface area contributed by atoms with Gasteiger partial charge in [-0.05, 0) is 40.2 Å². The van der Waals surface area contributed by atoms with Crippen molar-refractivity contribution in [1.29, 1.82) is 0 Å². The van der Waals surface area contributed by atoms with Gasteiger partial charge in [-0.3, -0.25) is 4.79 Å². The lowest BCUT2D eigenvalue weighted by molar-refractivity contribution is -0.138. The van der Waals surface area contributed by atoms with Crippen molar-refractivity contribution in [3.8, 4) is 11.1 Å². The van der Waals surface area contributed by atoms with E-state index in [4.69, 9.17) is 4.74 Å². The van der Waals surface area contributed by atoms with E-state index in [9.17, 15) is 19.5 Å². The van der Waals surface area contributed by atoms with Crippen molar-refractivity contribution in [2.45, 2.75) is 45.2 Å². The molecule has 1 heterocycles. The minimum absolute atomic E-state index is 0.000586. The number of amides is 1. The minimum atomic E-state index is -0.997. The van der Waals surface area contributed by atoms with E-state index in [0.717, 1.165) is 27.9 Å². The molecule has 0 saturated carbocycles. The number of nitrogens with zero attached hydrogens (tertiary/aromatic N) is 1. The standard InChI is InChI=1S/C25H28N2O5/c1-14(2)21(26-25(31)32-3)11-16-8-9-19-18-7-5-4-6-15(18)10-20(19)23(16)27-13-17(28)12-22(27)24(29)30/h4-9,14,21-22H,10-13H2,1-3H3,(H,26,31)(H,29,30)/t21-,22?/m0/s1. The number of aliphatic carboxylic acids is 1. The molecule has 1 unspecified atom stereocenters. The first-order valence-corrected chi connectivity index (χ1v) is 10.9. The molecule has 1 aliphatic carbocycles. The predicted octanol–water partition coefficient (Wildman–Crippen LogP) is 3.41. The summed E-state index contributed by atoms with van der Waals surface area (Å²) in [4.78, 5) is 38.0. The molecule has 32 heavy (non-hydrogen) atoms. The number of nitrogens with one attached hydrogen (secondary N) is 1. The van der Waals surface area contributed by atoms with Gasteiger partial charge < -0.3 is 20.1 Å². The number of carbonyl (C=O) groups excluding carboxylic acids is 2. The number of rotatable bonds is 6. The highest BCUT2D eigenvalue weighted by atomic mass is 16.5. The summed E-state index contributed by atoms with van der Waals surface area (Å²) in [6.45, 7) is 4.11. The summed E-state index contributed by atoms with van der Waals surface area (Å²) in [5.41, 5.74) is 6.18. The zero-order valence-electron chi connectivity index (χ0n) is 18.6. The number of ether oxygens (including phenoxy) is 1. The molecule has 1 fully saturated rings. The molecular weight excluding hydrogens is 408 g/mol. The summed E-state index contributed by atoms with van der Waals surface area (Å²) in [7, 11) is 1.33. The first-order chi connectivity index (χ1) is 15.3. The molecule has 7 heteroatoms. The normalized spacial score (nSPS) is 17.8. The lowest BCUT2D eigenvalue weighted by Gasteiger charge is -2.30. The predicted molar refractivity (Wildman–Crippen MR) is 121 cm³/mol. The fourth-order valence-electron chi connectivity index (χ4n) is 4.81. The molecule has 0 radical (unpaired) electrons. The Labute approximate surface area is 187 Å². The number of anilines is 1. The number of Topliss-reactive ketones (excluding diaryl/α,β-unsaturated/α-hetero) is 1. The topological polar surface area (TPSA) is 95.9 Å². The van der Waals surface area contributed by atoms with Crippen molar-refractivity contribution in [1.82, 2.24) is 5.32 Å². The number of hydrogen-bond donors (Lipinski definition) is 2. The third-order valence-corrected chi connectivity index (χ3v) is 6.49. The van der Waals surface area contributed by atoms with Crippen LogP contribution in [0.2, 0.25) is 0 Å². The first kappa shape index (κ1) is 21.9. The number of methoxy groups -OCH3 is 1. The van der Waals surface area contributed by atoms with Crippen LogP contribution in [-0.2, 0) is 27.2 Å². The highest BCUT2D eigenvalue weighted by Crippen LogP contribution is 2.45. The van der Waals surface area contributed by atoms with Crippen LogP contribution in [-0.4, -0.2) is 48.7 Å². The van der Waals surface area contributed by atoms with Crippen LogP contribution in [0.15, 0.2) is 36.4 Å². The van der Waals surface area contributed by atoms with Gasteiger partial charge in [-0.1, -0.05) is 50.2 Å². The van der Waals surface area contributed by atoms with Crippen LogP contribution in [0.25, 0.3) is 11.1 Å². The Hall–Kier alpha value is -3.35. The van der Waals surface area contributed by atoms with Crippen molar-refractivity contribution in [2.24, 2.45) is 5.92 Å². The third-order valence-electron chi connectivity index (χ3n) is 6.49. The zero-order chi connectivity index (χ0) is 23.0. The molecule has 1 aliphatic heterocycles. The number of carboxylic acids is 1. The summed E-state index contributed by atoms with van der Waals surface area (Å²) in [5.74, 6) is -0.949. The van der Waals surface area contributed by atoms with E-state index >= 15 is 0 Å². The highest BCUT2D eigenvalue weighted by Gasteiger charge is 2.39. The number of carbonyl (C=O) groups is 3. The molecule has 4 rings (SSSR count). The van der Waals surface area contributed by atoms with Gasteiger partial charge in [-0.15, -0.1) is 0 Å². The fourth-order valence-corrected chi connectivity index (χ4v) is 4.81. The first-order valence-electron chi connectivity index (χ1n) is 10.9. The SMILES string of the molecule is COC(=O)N[C@@H](Cc1ccc2c(c1N1CC(=O)CC1C(=O)O)Cc1ccccc1-2)C(C)C. The Kier molecular flexibility index (Phi) is 5.91. The summed E-state index contributed by atoms with van der Waals surface area (Å²) < 4.78 is 4.79. The van der Waals surface area contributed by atoms with Gasteiger partial charge in [-0.25, -0.2) is 9.59 Å². The van der Waals surface area contributed by atoms with Crippen molar-refractivity contribution in [3.05, 3.63) is 53.1 Å². The lowest BCUT2D eigenvalue weighted by atomic mass is 9.91. The van der Waals surface area contributed by atoms with Crippen LogP contribution in [0.4, 0.5) is 10.5 Å². The van der Waals surface area contributed by atoms with Gasteiger partial charge in [-0.2, -0.15) is 0 Å². The summed E-state index contributed by atoms with van der Waals surface area (Å²) in [6, 6.07) is 11.1. The number of ketones is 1. The number of carboxylic acid groups (broad SMARTS) is 1.